The zero-order valence-electron chi connectivity index (χ0n) is 11.1. The minimum atomic E-state index is -1.07. The fourth-order valence-corrected chi connectivity index (χ4v) is 2.93. The first-order valence-electron chi connectivity index (χ1n) is 6.50. The van der Waals surface area contributed by atoms with Crippen LogP contribution in [0.1, 0.15) is 12.0 Å². The van der Waals surface area contributed by atoms with Crippen LogP contribution in [0.5, 0.6) is 0 Å². The number of likely N-dealkylation sites (tertiary alicyclic amines) is 1. The van der Waals surface area contributed by atoms with Crippen molar-refractivity contribution in [1.82, 2.24) is 4.90 Å². The molecule has 0 bridgehead atoms. The van der Waals surface area contributed by atoms with Crippen molar-refractivity contribution in [2.24, 2.45) is 11.8 Å². The molecule has 2 N–H and O–H groups in total. The van der Waals surface area contributed by atoms with E-state index < -0.39 is 23.8 Å². The van der Waals surface area contributed by atoms with E-state index in [1.807, 2.05) is 11.0 Å². The second-order valence-corrected chi connectivity index (χ2v) is 5.98. The van der Waals surface area contributed by atoms with Crippen molar-refractivity contribution in [3.63, 3.8) is 0 Å². The van der Waals surface area contributed by atoms with Gasteiger partial charge in [-0.05, 0) is 30.7 Å². The highest BCUT2D eigenvalue weighted by Gasteiger charge is 2.38. The third-order valence-electron chi connectivity index (χ3n) is 3.72. The van der Waals surface area contributed by atoms with Gasteiger partial charge >= 0.3 is 11.9 Å². The monoisotopic (exact) mass is 331 g/mol. The lowest BCUT2D eigenvalue weighted by molar-refractivity contribution is -0.157. The van der Waals surface area contributed by atoms with Crippen molar-refractivity contribution in [3.05, 3.63) is 33.8 Å². The van der Waals surface area contributed by atoms with Crippen LogP contribution < -0.4 is 0 Å². The lowest BCUT2D eigenvalue weighted by Gasteiger charge is -2.34. The Morgan fingerprint density at radius 2 is 1.81 bits per heavy atom. The normalized spacial score (nSPS) is 23.0. The molecule has 1 aromatic carbocycles. The average molecular weight is 332 g/mol. The van der Waals surface area contributed by atoms with E-state index in [0.29, 0.717) is 29.6 Å². The predicted octanol–water partition coefficient (Wildman–Crippen LogP) is 2.60. The maximum atomic E-state index is 11.2. The second kappa shape index (κ2) is 6.64. The zero-order chi connectivity index (χ0) is 15.6. The van der Waals surface area contributed by atoms with Gasteiger partial charge in [0.15, 0.2) is 0 Å². The molecular formula is C14H15Cl2NO4. The topological polar surface area (TPSA) is 77.8 Å². The van der Waals surface area contributed by atoms with E-state index in [1.54, 1.807) is 12.1 Å². The molecule has 1 saturated heterocycles. The molecule has 0 aliphatic carbocycles. The molecule has 2 rings (SSSR count). The number of hydrogen-bond acceptors (Lipinski definition) is 3. The molecule has 0 amide bonds. The average Bonchev–Trinajstić information content (AvgIpc) is 2.42. The van der Waals surface area contributed by atoms with Crippen LogP contribution in [0.25, 0.3) is 0 Å². The first-order chi connectivity index (χ1) is 9.88. The quantitative estimate of drug-likeness (QED) is 0.886. The molecule has 0 radical (unpaired) electrons. The lowest BCUT2D eigenvalue weighted by Crippen LogP contribution is -2.46. The molecule has 1 aliphatic rings. The van der Waals surface area contributed by atoms with E-state index in [0.717, 1.165) is 5.56 Å². The summed E-state index contributed by atoms with van der Waals surface area (Å²) in [5, 5.41) is 19.2. The van der Waals surface area contributed by atoms with E-state index in [4.69, 9.17) is 28.3 Å². The standard InChI is InChI=1S/C14H15Cl2NO4/c15-11-2-1-8(5-12(11)16)6-17-4-3-9(13(18)19)10(7-17)14(20)21/h1-2,5,9-10H,3-4,6-7H2,(H,18,19)(H,20,21). The summed E-state index contributed by atoms with van der Waals surface area (Å²) in [6.45, 7) is 1.28. The number of nitrogens with zero attached hydrogens (tertiary/aromatic N) is 1. The summed E-state index contributed by atoms with van der Waals surface area (Å²) in [5.74, 6) is -3.83. The molecule has 5 nitrogen and oxygen atoms in total. The SMILES string of the molecule is O=C(O)C1CCN(Cc2ccc(Cl)c(Cl)c2)CC1C(=O)O. The van der Waals surface area contributed by atoms with Gasteiger partial charge in [0.25, 0.3) is 0 Å². The van der Waals surface area contributed by atoms with Gasteiger partial charge in [0.2, 0.25) is 0 Å². The van der Waals surface area contributed by atoms with Gasteiger partial charge < -0.3 is 10.2 Å². The number of carbonyl (C=O) groups is 2. The highest BCUT2D eigenvalue weighted by Crippen LogP contribution is 2.27. The summed E-state index contributed by atoms with van der Waals surface area (Å²) in [6, 6.07) is 5.26. The Hall–Kier alpha value is -1.30. The first-order valence-corrected chi connectivity index (χ1v) is 7.26. The van der Waals surface area contributed by atoms with Crippen molar-refractivity contribution in [2.75, 3.05) is 13.1 Å². The van der Waals surface area contributed by atoms with Crippen molar-refractivity contribution >= 4 is 35.1 Å². The molecular weight excluding hydrogens is 317 g/mol. The molecule has 1 heterocycles. The maximum Gasteiger partial charge on any atom is 0.308 e. The van der Waals surface area contributed by atoms with Crippen LogP contribution in [0, 0.1) is 11.8 Å². The van der Waals surface area contributed by atoms with E-state index in [9.17, 15) is 14.7 Å². The van der Waals surface area contributed by atoms with Gasteiger partial charge in [0.05, 0.1) is 21.9 Å². The van der Waals surface area contributed by atoms with Crippen LogP contribution in [0.2, 0.25) is 10.0 Å². The summed E-state index contributed by atoms with van der Waals surface area (Å²) in [7, 11) is 0. The van der Waals surface area contributed by atoms with Gasteiger partial charge in [-0.1, -0.05) is 29.3 Å². The Balaban J connectivity index is 2.07. The fraction of sp³-hybridized carbons (Fsp3) is 0.429. The fourth-order valence-electron chi connectivity index (χ4n) is 2.61. The van der Waals surface area contributed by atoms with E-state index in [1.165, 1.54) is 0 Å². The molecule has 21 heavy (non-hydrogen) atoms. The summed E-state index contributed by atoms with van der Waals surface area (Å²) in [6.07, 6.45) is 0.327. The van der Waals surface area contributed by atoms with Crippen LogP contribution in [0.15, 0.2) is 18.2 Å². The number of benzene rings is 1. The number of rotatable bonds is 4. The van der Waals surface area contributed by atoms with Crippen LogP contribution in [-0.4, -0.2) is 40.1 Å². The van der Waals surface area contributed by atoms with Crippen LogP contribution in [0.3, 0.4) is 0 Å². The van der Waals surface area contributed by atoms with Crippen molar-refractivity contribution < 1.29 is 19.8 Å². The first kappa shape index (κ1) is 16.1. The highest BCUT2D eigenvalue weighted by atomic mass is 35.5. The number of halogens is 2. The van der Waals surface area contributed by atoms with Crippen molar-refractivity contribution in [2.45, 2.75) is 13.0 Å². The Bertz CT molecular complexity index is 564. The second-order valence-electron chi connectivity index (χ2n) is 5.16. The number of piperidine rings is 1. The molecule has 0 saturated carbocycles. The van der Waals surface area contributed by atoms with Gasteiger partial charge in [0.1, 0.15) is 0 Å². The molecule has 2 unspecified atom stereocenters. The molecule has 2 atom stereocenters. The summed E-state index contributed by atoms with van der Waals surface area (Å²) in [4.78, 5) is 24.3. The molecule has 1 aromatic rings. The summed E-state index contributed by atoms with van der Waals surface area (Å²) < 4.78 is 0. The molecule has 1 aliphatic heterocycles. The van der Waals surface area contributed by atoms with E-state index >= 15 is 0 Å². The number of carboxylic acid groups (broad SMARTS) is 2. The van der Waals surface area contributed by atoms with Gasteiger partial charge in [-0.3, -0.25) is 14.5 Å². The van der Waals surface area contributed by atoms with E-state index in [-0.39, 0.29) is 6.54 Å². The molecule has 0 spiro atoms. The highest BCUT2D eigenvalue weighted by molar-refractivity contribution is 6.42. The summed E-state index contributed by atoms with van der Waals surface area (Å²) >= 11 is 11.8. The minimum Gasteiger partial charge on any atom is -0.481 e. The predicted molar refractivity (Wildman–Crippen MR) is 78.6 cm³/mol. The van der Waals surface area contributed by atoms with Crippen LogP contribution in [-0.2, 0) is 16.1 Å². The van der Waals surface area contributed by atoms with Crippen molar-refractivity contribution in [3.8, 4) is 0 Å². The molecule has 114 valence electrons. The Morgan fingerprint density at radius 1 is 1.14 bits per heavy atom. The number of aliphatic carboxylic acids is 2. The number of hydrogen-bond donors (Lipinski definition) is 2. The molecule has 0 aromatic heterocycles. The maximum absolute atomic E-state index is 11.2. The largest absolute Gasteiger partial charge is 0.481 e. The Kier molecular flexibility index (Phi) is 5.08. The van der Waals surface area contributed by atoms with E-state index in [2.05, 4.69) is 0 Å². The van der Waals surface area contributed by atoms with Gasteiger partial charge in [-0.15, -0.1) is 0 Å². The summed E-state index contributed by atoms with van der Waals surface area (Å²) in [5.41, 5.74) is 0.919. The Labute approximate surface area is 132 Å². The van der Waals surface area contributed by atoms with Crippen molar-refractivity contribution in [1.29, 1.82) is 0 Å². The third-order valence-corrected chi connectivity index (χ3v) is 4.46. The Morgan fingerprint density at radius 3 is 2.38 bits per heavy atom. The van der Waals surface area contributed by atoms with Gasteiger partial charge in [-0.25, -0.2) is 0 Å². The zero-order valence-corrected chi connectivity index (χ0v) is 12.6. The van der Waals surface area contributed by atoms with Crippen LogP contribution in [0.4, 0.5) is 0 Å². The van der Waals surface area contributed by atoms with Gasteiger partial charge in [0, 0.05) is 13.1 Å². The third kappa shape index (κ3) is 3.87. The van der Waals surface area contributed by atoms with Gasteiger partial charge in [-0.2, -0.15) is 0 Å². The molecule has 7 heteroatoms. The molecule has 1 fully saturated rings. The minimum absolute atomic E-state index is 0.215. The smallest absolute Gasteiger partial charge is 0.308 e. The number of carboxylic acids is 2. The van der Waals surface area contributed by atoms with Crippen LogP contribution >= 0.6 is 23.2 Å². The lowest BCUT2D eigenvalue weighted by atomic mass is 9.85.